The van der Waals surface area contributed by atoms with Gasteiger partial charge >= 0.3 is 17.9 Å². The first-order chi connectivity index (χ1) is 40.5. The van der Waals surface area contributed by atoms with E-state index in [2.05, 4.69) is 93.7 Å². The molecule has 1 unspecified atom stereocenters. The number of carbonyl (C=O) groups excluding carboxylic acids is 3. The summed E-state index contributed by atoms with van der Waals surface area (Å²) in [5.74, 6) is -0.898. The fraction of sp³-hybridized carbons (Fsp3) is 0.803. The first-order valence-electron chi connectivity index (χ1n) is 35.9. The number of hydrogen-bond acceptors (Lipinski definition) is 6. The van der Waals surface area contributed by atoms with Crippen molar-refractivity contribution in [3.8, 4) is 0 Å². The van der Waals surface area contributed by atoms with Crippen molar-refractivity contribution in [1.82, 2.24) is 0 Å². The van der Waals surface area contributed by atoms with Gasteiger partial charge in [-0.2, -0.15) is 0 Å². The van der Waals surface area contributed by atoms with E-state index in [1.54, 1.807) is 0 Å². The summed E-state index contributed by atoms with van der Waals surface area (Å²) in [7, 11) is 0. The lowest BCUT2D eigenvalue weighted by Gasteiger charge is -2.18. The highest BCUT2D eigenvalue weighted by Gasteiger charge is 2.19. The Morgan fingerprint density at radius 2 is 0.476 bits per heavy atom. The molecule has 0 saturated carbocycles. The minimum absolute atomic E-state index is 0.0830. The van der Waals surface area contributed by atoms with Crippen LogP contribution in [0.4, 0.5) is 0 Å². The van der Waals surface area contributed by atoms with E-state index < -0.39 is 6.10 Å². The van der Waals surface area contributed by atoms with Crippen molar-refractivity contribution in [1.29, 1.82) is 0 Å². The van der Waals surface area contributed by atoms with Gasteiger partial charge in [0, 0.05) is 19.3 Å². The lowest BCUT2D eigenvalue weighted by Crippen LogP contribution is -2.30. The van der Waals surface area contributed by atoms with Crippen LogP contribution in [0.2, 0.25) is 0 Å². The number of hydrogen-bond donors (Lipinski definition) is 0. The number of rotatable bonds is 66. The molecule has 0 amide bonds. The van der Waals surface area contributed by atoms with Crippen molar-refractivity contribution in [3.05, 3.63) is 72.9 Å². The van der Waals surface area contributed by atoms with Crippen molar-refractivity contribution in [2.45, 2.75) is 380 Å². The molecule has 0 aromatic carbocycles. The van der Waals surface area contributed by atoms with Crippen LogP contribution >= 0.6 is 0 Å². The Hall–Kier alpha value is -3.15. The van der Waals surface area contributed by atoms with E-state index in [4.69, 9.17) is 14.2 Å². The second kappa shape index (κ2) is 70.3. The molecule has 6 heteroatoms. The Kier molecular flexibility index (Phi) is 67.6. The summed E-state index contributed by atoms with van der Waals surface area (Å²) in [4.78, 5) is 38.4. The average molecular weight is 1150 g/mol. The van der Waals surface area contributed by atoms with Gasteiger partial charge in [0.1, 0.15) is 13.2 Å². The lowest BCUT2D eigenvalue weighted by molar-refractivity contribution is -0.167. The molecule has 0 rings (SSSR count). The summed E-state index contributed by atoms with van der Waals surface area (Å²) >= 11 is 0. The van der Waals surface area contributed by atoms with Gasteiger partial charge in [-0.25, -0.2) is 0 Å². The van der Waals surface area contributed by atoms with Gasteiger partial charge in [0.05, 0.1) is 0 Å². The topological polar surface area (TPSA) is 78.9 Å². The molecule has 0 aliphatic heterocycles. The van der Waals surface area contributed by atoms with Gasteiger partial charge in [-0.15, -0.1) is 0 Å². The number of carbonyl (C=O) groups is 3. The predicted octanol–water partition coefficient (Wildman–Crippen LogP) is 24.8. The van der Waals surface area contributed by atoms with Crippen LogP contribution in [0.5, 0.6) is 0 Å². The zero-order chi connectivity index (χ0) is 59.2. The zero-order valence-electron chi connectivity index (χ0n) is 54.8. The van der Waals surface area contributed by atoms with E-state index >= 15 is 0 Å². The minimum atomic E-state index is -0.789. The molecule has 0 saturated heterocycles. The molecular weight excluding hydrogens is 1010 g/mol. The standard InChI is InChI=1S/C76H136O6/c1-4-7-10-13-16-19-22-25-27-29-31-32-33-34-35-36-37-38-39-40-41-42-43-44-45-47-48-51-54-57-60-63-66-69-75(78)81-72-73(71-80-74(77)68-65-62-59-56-53-50-24-21-18-15-12-9-6-3)82-76(79)70-67-64-61-58-55-52-49-46-30-28-26-23-20-17-14-11-8-5-2/h9,12,18,21-22,25,28-31,50,53,73H,4-8,10-11,13-17,19-20,23-24,26-27,32-49,51-52,54-72H2,1-3H3/b12-9-,21-18-,25-22-,30-28-,31-29-,53-50-. The quantitative estimate of drug-likeness (QED) is 0.0261. The fourth-order valence-corrected chi connectivity index (χ4v) is 10.5. The van der Waals surface area contributed by atoms with Gasteiger partial charge < -0.3 is 14.2 Å². The third-order valence-corrected chi connectivity index (χ3v) is 15.9. The summed E-state index contributed by atoms with van der Waals surface area (Å²) in [6.07, 6.45) is 92.4. The second-order valence-electron chi connectivity index (χ2n) is 24.1. The number of allylic oxidation sites excluding steroid dienone is 12. The Morgan fingerprint density at radius 3 is 0.768 bits per heavy atom. The van der Waals surface area contributed by atoms with Crippen LogP contribution in [0, 0.1) is 0 Å². The third kappa shape index (κ3) is 67.6. The Morgan fingerprint density at radius 1 is 0.256 bits per heavy atom. The zero-order valence-corrected chi connectivity index (χ0v) is 54.8. The second-order valence-corrected chi connectivity index (χ2v) is 24.1. The molecule has 0 aromatic heterocycles. The monoisotopic (exact) mass is 1150 g/mol. The van der Waals surface area contributed by atoms with E-state index in [1.165, 1.54) is 244 Å². The van der Waals surface area contributed by atoms with Crippen LogP contribution in [0.3, 0.4) is 0 Å². The summed E-state index contributed by atoms with van der Waals surface area (Å²) in [6.45, 7) is 6.53. The van der Waals surface area contributed by atoms with Gasteiger partial charge in [0.15, 0.2) is 6.10 Å². The number of esters is 3. The van der Waals surface area contributed by atoms with Crippen LogP contribution in [0.1, 0.15) is 374 Å². The Bertz CT molecular complexity index is 1500. The average Bonchev–Trinajstić information content (AvgIpc) is 3.47. The van der Waals surface area contributed by atoms with Crippen molar-refractivity contribution in [2.24, 2.45) is 0 Å². The summed E-state index contributed by atoms with van der Waals surface area (Å²) in [6, 6.07) is 0. The molecule has 0 radical (unpaired) electrons. The SMILES string of the molecule is CC/C=C\C/C=C\C/C=C\CCCCCC(=O)OCC(COC(=O)CCCCCCCCCCCCCCCCCCCCCCC/C=C\C/C=C\CCCCCCC)OC(=O)CCCCCCCCC/C=C\CCCCCCCCC. The van der Waals surface area contributed by atoms with E-state index in [9.17, 15) is 14.4 Å². The Balaban J connectivity index is 4.15. The number of ether oxygens (including phenoxy) is 3. The van der Waals surface area contributed by atoms with Gasteiger partial charge in [0.2, 0.25) is 0 Å². The van der Waals surface area contributed by atoms with Crippen LogP contribution in [0.25, 0.3) is 0 Å². The van der Waals surface area contributed by atoms with Crippen molar-refractivity contribution < 1.29 is 28.6 Å². The molecule has 82 heavy (non-hydrogen) atoms. The molecule has 0 aliphatic rings. The maximum absolute atomic E-state index is 12.9. The van der Waals surface area contributed by atoms with Gasteiger partial charge in [0.25, 0.3) is 0 Å². The molecule has 0 N–H and O–H groups in total. The highest BCUT2D eigenvalue weighted by molar-refractivity contribution is 5.71. The summed E-state index contributed by atoms with van der Waals surface area (Å²) in [5, 5.41) is 0. The lowest BCUT2D eigenvalue weighted by atomic mass is 10.0. The fourth-order valence-electron chi connectivity index (χ4n) is 10.5. The number of unbranched alkanes of at least 4 members (excludes halogenated alkanes) is 43. The highest BCUT2D eigenvalue weighted by Crippen LogP contribution is 2.18. The van der Waals surface area contributed by atoms with E-state index in [0.717, 1.165) is 89.9 Å². The van der Waals surface area contributed by atoms with E-state index in [1.807, 2.05) is 0 Å². The Labute approximate surface area is 510 Å². The first-order valence-corrected chi connectivity index (χ1v) is 35.9. The van der Waals surface area contributed by atoms with Crippen molar-refractivity contribution in [2.75, 3.05) is 13.2 Å². The molecule has 0 spiro atoms. The molecule has 6 nitrogen and oxygen atoms in total. The van der Waals surface area contributed by atoms with Crippen LogP contribution in [-0.4, -0.2) is 37.2 Å². The van der Waals surface area contributed by atoms with Gasteiger partial charge in [-0.05, 0) is 109 Å². The van der Waals surface area contributed by atoms with Gasteiger partial charge in [-0.1, -0.05) is 318 Å². The molecule has 0 heterocycles. The maximum atomic E-state index is 12.9. The first kappa shape index (κ1) is 78.8. The van der Waals surface area contributed by atoms with E-state index in [0.29, 0.717) is 19.3 Å². The molecule has 0 aliphatic carbocycles. The van der Waals surface area contributed by atoms with Crippen LogP contribution < -0.4 is 0 Å². The minimum Gasteiger partial charge on any atom is -0.462 e. The van der Waals surface area contributed by atoms with Crippen molar-refractivity contribution in [3.63, 3.8) is 0 Å². The smallest absolute Gasteiger partial charge is 0.306 e. The molecule has 1 atom stereocenters. The summed E-state index contributed by atoms with van der Waals surface area (Å²) in [5.41, 5.74) is 0. The predicted molar refractivity (Wildman–Crippen MR) is 358 cm³/mol. The van der Waals surface area contributed by atoms with Crippen molar-refractivity contribution >= 4 is 17.9 Å². The summed E-state index contributed by atoms with van der Waals surface area (Å²) < 4.78 is 16.9. The van der Waals surface area contributed by atoms with Crippen LogP contribution in [0.15, 0.2) is 72.9 Å². The molecule has 0 fully saturated rings. The molecule has 0 bridgehead atoms. The highest BCUT2D eigenvalue weighted by atomic mass is 16.6. The third-order valence-electron chi connectivity index (χ3n) is 15.9. The largest absolute Gasteiger partial charge is 0.462 e. The molecule has 0 aromatic rings. The van der Waals surface area contributed by atoms with Crippen LogP contribution in [-0.2, 0) is 28.6 Å². The van der Waals surface area contributed by atoms with E-state index in [-0.39, 0.29) is 31.1 Å². The maximum Gasteiger partial charge on any atom is 0.306 e. The normalized spacial score (nSPS) is 12.5. The molecular formula is C76H136O6. The van der Waals surface area contributed by atoms with Gasteiger partial charge in [-0.3, -0.25) is 14.4 Å². The molecule has 476 valence electrons.